The number of carboxylic acids is 1. The molecule has 180 valence electrons. The molecule has 2 fully saturated rings. The van der Waals surface area contributed by atoms with Gasteiger partial charge in [0.1, 0.15) is 6.04 Å². The molecule has 2 aliphatic rings. The fourth-order valence-electron chi connectivity index (χ4n) is 5.28. The molecule has 4 rings (SSSR count). The molecule has 7 nitrogen and oxygen atoms in total. The highest BCUT2D eigenvalue weighted by Gasteiger charge is 2.44. The van der Waals surface area contributed by atoms with E-state index in [-0.39, 0.29) is 34.2 Å². The van der Waals surface area contributed by atoms with Crippen molar-refractivity contribution in [1.82, 2.24) is 4.90 Å². The first-order chi connectivity index (χ1) is 16.4. The Hall–Kier alpha value is -2.90. The molecule has 4 N–H and O–H groups in total. The molecule has 0 bridgehead atoms. The lowest BCUT2D eigenvalue weighted by molar-refractivity contribution is -0.141. The summed E-state index contributed by atoms with van der Waals surface area (Å²) in [7, 11) is 0. The Morgan fingerprint density at radius 2 is 1.74 bits per heavy atom. The van der Waals surface area contributed by atoms with Gasteiger partial charge < -0.3 is 21.1 Å². The number of aromatic carboxylic acids is 1. The van der Waals surface area contributed by atoms with Gasteiger partial charge in [0.05, 0.1) is 10.6 Å². The van der Waals surface area contributed by atoms with Crippen molar-refractivity contribution in [2.24, 2.45) is 17.6 Å². The summed E-state index contributed by atoms with van der Waals surface area (Å²) < 4.78 is 0. The lowest BCUT2D eigenvalue weighted by atomic mass is 9.81. The number of anilines is 1. The summed E-state index contributed by atoms with van der Waals surface area (Å²) >= 11 is 6.09. The molecule has 1 aliphatic heterocycles. The number of nitrogens with two attached hydrogens (primary N) is 1. The van der Waals surface area contributed by atoms with E-state index < -0.39 is 12.0 Å². The molecule has 2 amide bonds. The molecule has 2 aromatic carbocycles. The lowest BCUT2D eigenvalue weighted by Gasteiger charge is -2.33. The molecular formula is C26H30ClN3O4. The molecular weight excluding hydrogens is 454 g/mol. The number of carboxylic acid groups (broad SMARTS) is 1. The monoisotopic (exact) mass is 483 g/mol. The maximum Gasteiger partial charge on any atom is 0.337 e. The molecule has 0 aromatic heterocycles. The first-order valence-corrected chi connectivity index (χ1v) is 12.2. The van der Waals surface area contributed by atoms with Gasteiger partial charge in [0.25, 0.3) is 0 Å². The molecule has 1 aliphatic carbocycles. The van der Waals surface area contributed by atoms with Crippen LogP contribution in [-0.2, 0) is 9.59 Å². The van der Waals surface area contributed by atoms with E-state index >= 15 is 0 Å². The van der Waals surface area contributed by atoms with E-state index in [1.807, 2.05) is 30.3 Å². The second-order valence-electron chi connectivity index (χ2n) is 9.22. The minimum absolute atomic E-state index is 0.0346. The Labute approximate surface area is 204 Å². The molecule has 1 heterocycles. The van der Waals surface area contributed by atoms with Crippen molar-refractivity contribution in [1.29, 1.82) is 0 Å². The van der Waals surface area contributed by atoms with Crippen LogP contribution >= 0.6 is 11.6 Å². The summed E-state index contributed by atoms with van der Waals surface area (Å²) in [4.78, 5) is 40.1. The average Bonchev–Trinajstić information content (AvgIpc) is 3.29. The van der Waals surface area contributed by atoms with Crippen LogP contribution in [0.1, 0.15) is 53.9 Å². The van der Waals surface area contributed by atoms with Crippen molar-refractivity contribution in [2.75, 3.05) is 18.4 Å². The van der Waals surface area contributed by atoms with Gasteiger partial charge in [-0.15, -0.1) is 0 Å². The minimum atomic E-state index is -1.14. The smallest absolute Gasteiger partial charge is 0.337 e. The number of rotatable bonds is 6. The Bertz CT molecular complexity index is 1050. The molecule has 0 unspecified atom stereocenters. The van der Waals surface area contributed by atoms with Gasteiger partial charge in [-0.05, 0) is 68.3 Å². The molecule has 0 spiro atoms. The average molecular weight is 484 g/mol. The zero-order valence-corrected chi connectivity index (χ0v) is 19.7. The van der Waals surface area contributed by atoms with Crippen molar-refractivity contribution in [3.05, 3.63) is 64.7 Å². The molecule has 8 heteroatoms. The van der Waals surface area contributed by atoms with E-state index in [2.05, 4.69) is 5.32 Å². The number of hydrogen-bond acceptors (Lipinski definition) is 4. The van der Waals surface area contributed by atoms with Crippen molar-refractivity contribution >= 4 is 35.1 Å². The van der Waals surface area contributed by atoms with Gasteiger partial charge in [-0.1, -0.05) is 41.9 Å². The fourth-order valence-corrected chi connectivity index (χ4v) is 5.54. The SMILES string of the molecule is NCC1CCC(C(=O)N2CC[C@@H](c3ccccc3)[C@H]2C(=O)Nc2ccc(C(=O)O)c(Cl)c2)CC1. The number of carbonyl (C=O) groups is 3. The van der Waals surface area contributed by atoms with Gasteiger partial charge in [-0.2, -0.15) is 0 Å². The summed E-state index contributed by atoms with van der Waals surface area (Å²) in [6.45, 7) is 1.17. The van der Waals surface area contributed by atoms with Gasteiger partial charge in [-0.25, -0.2) is 4.79 Å². The van der Waals surface area contributed by atoms with Gasteiger partial charge in [-0.3, -0.25) is 9.59 Å². The normalized spacial score (nSPS) is 24.6. The predicted molar refractivity (Wildman–Crippen MR) is 131 cm³/mol. The molecule has 34 heavy (non-hydrogen) atoms. The van der Waals surface area contributed by atoms with Gasteiger partial charge in [0.15, 0.2) is 0 Å². The van der Waals surface area contributed by atoms with E-state index in [1.165, 1.54) is 18.2 Å². The van der Waals surface area contributed by atoms with Crippen LogP contribution in [0.25, 0.3) is 0 Å². The van der Waals surface area contributed by atoms with Crippen LogP contribution in [0.5, 0.6) is 0 Å². The van der Waals surface area contributed by atoms with E-state index in [0.29, 0.717) is 31.1 Å². The number of hydrogen-bond donors (Lipinski definition) is 3. The summed E-state index contributed by atoms with van der Waals surface area (Å²) in [5.41, 5.74) is 7.19. The number of carbonyl (C=O) groups excluding carboxylic acids is 2. The topological polar surface area (TPSA) is 113 Å². The highest BCUT2D eigenvalue weighted by molar-refractivity contribution is 6.33. The summed E-state index contributed by atoms with van der Waals surface area (Å²) in [5.74, 6) is -1.14. The number of nitrogens with one attached hydrogen (secondary N) is 1. The number of nitrogens with zero attached hydrogens (tertiary/aromatic N) is 1. The van der Waals surface area contributed by atoms with E-state index in [9.17, 15) is 19.5 Å². The summed E-state index contributed by atoms with van der Waals surface area (Å²) in [6.07, 6.45) is 4.18. The van der Waals surface area contributed by atoms with Crippen molar-refractivity contribution < 1.29 is 19.5 Å². The van der Waals surface area contributed by atoms with Gasteiger partial charge in [0.2, 0.25) is 11.8 Å². The maximum atomic E-state index is 13.5. The number of amides is 2. The molecule has 1 saturated heterocycles. The zero-order chi connectivity index (χ0) is 24.2. The molecule has 2 aromatic rings. The van der Waals surface area contributed by atoms with E-state index in [1.54, 1.807) is 4.90 Å². The van der Waals surface area contributed by atoms with E-state index in [0.717, 1.165) is 31.2 Å². The molecule has 1 saturated carbocycles. The summed E-state index contributed by atoms with van der Waals surface area (Å²) in [6, 6.07) is 13.4. The lowest BCUT2D eigenvalue weighted by Crippen LogP contribution is -2.48. The highest BCUT2D eigenvalue weighted by atomic mass is 35.5. The Morgan fingerprint density at radius 3 is 2.35 bits per heavy atom. The van der Waals surface area contributed by atoms with Crippen molar-refractivity contribution in [2.45, 2.75) is 44.1 Å². The van der Waals surface area contributed by atoms with Gasteiger partial charge >= 0.3 is 5.97 Å². The van der Waals surface area contributed by atoms with Crippen LogP contribution < -0.4 is 11.1 Å². The maximum absolute atomic E-state index is 13.5. The third-order valence-corrected chi connectivity index (χ3v) is 7.49. The number of benzene rings is 2. The number of likely N-dealkylation sites (tertiary alicyclic amines) is 1. The molecule has 0 radical (unpaired) electrons. The first kappa shape index (κ1) is 24.2. The largest absolute Gasteiger partial charge is 0.478 e. The number of halogens is 1. The third-order valence-electron chi connectivity index (χ3n) is 7.17. The standard InChI is InChI=1S/C26H30ClN3O4/c27-22-14-19(10-11-21(22)26(33)34)29-24(31)23-20(17-4-2-1-3-5-17)12-13-30(23)25(32)18-8-6-16(15-28)7-9-18/h1-5,10-11,14,16,18,20,23H,6-9,12-13,15,28H2,(H,29,31)(H,33,34)/t16?,18?,20-,23-/m0/s1. The predicted octanol–water partition coefficient (Wildman–Crippen LogP) is 4.13. The first-order valence-electron chi connectivity index (χ1n) is 11.8. The fraction of sp³-hybridized carbons (Fsp3) is 0.423. The molecule has 2 atom stereocenters. The minimum Gasteiger partial charge on any atom is -0.478 e. The second-order valence-corrected chi connectivity index (χ2v) is 9.63. The van der Waals surface area contributed by atoms with E-state index in [4.69, 9.17) is 17.3 Å². The quantitative estimate of drug-likeness (QED) is 0.571. The zero-order valence-electron chi connectivity index (χ0n) is 19.0. The van der Waals surface area contributed by atoms with Gasteiger partial charge in [0, 0.05) is 24.1 Å². The Kier molecular flexibility index (Phi) is 7.54. The summed E-state index contributed by atoms with van der Waals surface area (Å²) in [5, 5.41) is 12.1. The second kappa shape index (κ2) is 10.6. The van der Waals surface area contributed by atoms with Crippen LogP contribution in [0, 0.1) is 11.8 Å². The third kappa shape index (κ3) is 5.10. The van der Waals surface area contributed by atoms with Crippen LogP contribution in [0.15, 0.2) is 48.5 Å². The van der Waals surface area contributed by atoms with Crippen molar-refractivity contribution in [3.8, 4) is 0 Å². The van der Waals surface area contributed by atoms with Crippen molar-refractivity contribution in [3.63, 3.8) is 0 Å². The Balaban J connectivity index is 1.57. The Morgan fingerprint density at radius 1 is 1.03 bits per heavy atom. The van der Waals surface area contributed by atoms with Crippen LogP contribution in [0.3, 0.4) is 0 Å². The van der Waals surface area contributed by atoms with Crippen LogP contribution in [-0.4, -0.2) is 46.9 Å². The highest BCUT2D eigenvalue weighted by Crippen LogP contribution is 2.38. The van der Waals surface area contributed by atoms with Crippen LogP contribution in [0.4, 0.5) is 5.69 Å². The van der Waals surface area contributed by atoms with Crippen LogP contribution in [0.2, 0.25) is 5.02 Å².